The number of ether oxygens (including phenoxy) is 2. The fourth-order valence-corrected chi connectivity index (χ4v) is 7.57. The third-order valence-corrected chi connectivity index (χ3v) is 12.6. The van der Waals surface area contributed by atoms with Crippen molar-refractivity contribution in [3.05, 3.63) is 68.1 Å². The van der Waals surface area contributed by atoms with E-state index in [2.05, 4.69) is 41.3 Å². The van der Waals surface area contributed by atoms with Crippen LogP contribution in [0.1, 0.15) is 65.5 Å². The predicted octanol–water partition coefficient (Wildman–Crippen LogP) is 8.40. The van der Waals surface area contributed by atoms with E-state index in [1.165, 1.54) is 24.3 Å². The molecule has 2 aromatic rings. The second-order valence-corrected chi connectivity index (χ2v) is 19.1. The van der Waals surface area contributed by atoms with Crippen LogP contribution in [-0.4, -0.2) is 68.4 Å². The Bertz CT molecular complexity index is 1370. The van der Waals surface area contributed by atoms with Gasteiger partial charge in [0, 0.05) is 62.7 Å². The maximum absolute atomic E-state index is 14.3. The molecule has 6 nitrogen and oxygen atoms in total. The Hall–Kier alpha value is -1.78. The van der Waals surface area contributed by atoms with Gasteiger partial charge in [0.1, 0.15) is 11.6 Å². The Balaban J connectivity index is 0.000000480. The van der Waals surface area contributed by atoms with Gasteiger partial charge in [0.25, 0.3) is 0 Å². The van der Waals surface area contributed by atoms with E-state index >= 15 is 0 Å². The van der Waals surface area contributed by atoms with Crippen molar-refractivity contribution in [2.45, 2.75) is 87.6 Å². The molecule has 2 rings (SSSR count). The summed E-state index contributed by atoms with van der Waals surface area (Å²) < 4.78 is 118. The van der Waals surface area contributed by atoms with Crippen LogP contribution in [0.25, 0.3) is 0 Å². The zero-order valence-corrected chi connectivity index (χ0v) is 32.5. The van der Waals surface area contributed by atoms with Gasteiger partial charge in [-0.3, -0.25) is 18.0 Å². The molecule has 16 heteroatoms. The molecule has 0 spiro atoms. The van der Waals surface area contributed by atoms with E-state index in [0.29, 0.717) is 8.95 Å². The van der Waals surface area contributed by atoms with Gasteiger partial charge in [-0.15, -0.1) is 0 Å². The van der Waals surface area contributed by atoms with Crippen molar-refractivity contribution in [1.82, 2.24) is 0 Å². The number of alkyl halides is 4. The SMILES string of the molecule is COC(=O)C[C@@](C[S@@](=O)C(C)(C)C)(c1cc(Br)ccc1F)C(F)F.COC(=O)C[C@](C[S@@](=O)C(C)(C)C)(c1cc(Br)ccc1F)C(F)F. The molecule has 2 aromatic carbocycles. The van der Waals surface area contributed by atoms with E-state index in [-0.39, 0.29) is 11.1 Å². The van der Waals surface area contributed by atoms with E-state index in [1.54, 1.807) is 41.5 Å². The van der Waals surface area contributed by atoms with Crippen molar-refractivity contribution in [3.63, 3.8) is 0 Å². The average Bonchev–Trinajstić information content (AvgIpc) is 2.97. The maximum Gasteiger partial charge on any atom is 0.306 e. The summed E-state index contributed by atoms with van der Waals surface area (Å²) in [6.07, 6.45) is -7.74. The van der Waals surface area contributed by atoms with Crippen molar-refractivity contribution >= 4 is 65.4 Å². The van der Waals surface area contributed by atoms with E-state index in [4.69, 9.17) is 0 Å². The smallest absolute Gasteiger partial charge is 0.306 e. The van der Waals surface area contributed by atoms with E-state index in [0.717, 1.165) is 26.4 Å². The third kappa shape index (κ3) is 11.6. The van der Waals surface area contributed by atoms with Crippen LogP contribution in [0, 0.1) is 11.6 Å². The minimum atomic E-state index is -3.10. The summed E-state index contributed by atoms with van der Waals surface area (Å²) >= 11 is 6.25. The number of methoxy groups -OCH3 is 2. The van der Waals surface area contributed by atoms with Gasteiger partial charge in [-0.25, -0.2) is 26.3 Å². The molecule has 0 unspecified atom stereocenters. The molecule has 0 bridgehead atoms. The number of carbonyl (C=O) groups is 2. The first kappa shape index (κ1) is 44.2. The van der Waals surface area contributed by atoms with E-state index in [1.807, 2.05) is 0 Å². The van der Waals surface area contributed by atoms with Crippen LogP contribution < -0.4 is 0 Å². The second-order valence-electron chi connectivity index (χ2n) is 12.9. The van der Waals surface area contributed by atoms with Crippen molar-refractivity contribution in [3.8, 4) is 0 Å². The minimum Gasteiger partial charge on any atom is -0.469 e. The lowest BCUT2D eigenvalue weighted by molar-refractivity contribution is -0.144. The average molecular weight is 859 g/mol. The monoisotopic (exact) mass is 856 g/mol. The molecule has 0 aliphatic heterocycles. The van der Waals surface area contributed by atoms with Gasteiger partial charge in [0.05, 0.1) is 37.9 Å². The molecular weight excluding hydrogens is 818 g/mol. The van der Waals surface area contributed by atoms with Gasteiger partial charge >= 0.3 is 11.9 Å². The molecule has 0 heterocycles. The number of esters is 2. The zero-order valence-electron chi connectivity index (χ0n) is 27.7. The fourth-order valence-electron chi connectivity index (χ4n) is 4.28. The molecule has 0 aliphatic carbocycles. The van der Waals surface area contributed by atoms with Crippen LogP contribution in [0.2, 0.25) is 0 Å². The lowest BCUT2D eigenvalue weighted by Crippen LogP contribution is -2.45. The molecule has 0 amide bonds. The Kier molecular flexibility index (Phi) is 16.5. The van der Waals surface area contributed by atoms with Crippen LogP contribution in [0.4, 0.5) is 26.3 Å². The highest BCUT2D eigenvalue weighted by atomic mass is 79.9. The summed E-state index contributed by atoms with van der Waals surface area (Å²) in [7, 11) is -1.33. The second kappa shape index (κ2) is 17.9. The molecule has 0 radical (unpaired) electrons. The number of halogens is 8. The van der Waals surface area contributed by atoms with Gasteiger partial charge in [0.15, 0.2) is 0 Å². The molecule has 0 aliphatic rings. The molecule has 4 atom stereocenters. The van der Waals surface area contributed by atoms with Crippen LogP contribution in [-0.2, 0) is 51.5 Å². The Labute approximate surface area is 299 Å². The van der Waals surface area contributed by atoms with Crippen molar-refractivity contribution < 1.29 is 53.8 Å². The number of hydrogen-bond donors (Lipinski definition) is 0. The van der Waals surface area contributed by atoms with E-state index in [9.17, 15) is 44.3 Å². The Morgan fingerprint density at radius 3 is 1.19 bits per heavy atom. The Morgan fingerprint density at radius 2 is 0.958 bits per heavy atom. The number of rotatable bonds is 12. The molecule has 48 heavy (non-hydrogen) atoms. The zero-order chi connectivity index (χ0) is 37.4. The van der Waals surface area contributed by atoms with Crippen molar-refractivity contribution in [2.24, 2.45) is 0 Å². The first-order valence-corrected chi connectivity index (χ1v) is 18.5. The quantitative estimate of drug-likeness (QED) is 0.158. The number of hydrogen-bond acceptors (Lipinski definition) is 6. The summed E-state index contributed by atoms with van der Waals surface area (Å²) in [5.74, 6) is -4.71. The van der Waals surface area contributed by atoms with Crippen molar-refractivity contribution in [2.75, 3.05) is 25.7 Å². The number of carbonyl (C=O) groups excluding carboxylic acids is 2. The normalized spacial score (nSPS) is 15.9. The molecule has 0 fully saturated rings. The van der Waals surface area contributed by atoms with Crippen LogP contribution >= 0.6 is 31.9 Å². The first-order chi connectivity index (χ1) is 21.9. The van der Waals surface area contributed by atoms with Crippen LogP contribution in [0.5, 0.6) is 0 Å². The topological polar surface area (TPSA) is 86.7 Å². The summed E-state index contributed by atoms with van der Waals surface area (Å²) in [5.41, 5.74) is -5.18. The predicted molar refractivity (Wildman–Crippen MR) is 182 cm³/mol. The van der Waals surface area contributed by atoms with Crippen LogP contribution in [0.15, 0.2) is 45.3 Å². The lowest BCUT2D eigenvalue weighted by Gasteiger charge is -2.34. The van der Waals surface area contributed by atoms with E-state index < -0.39 is 103 Å². The largest absolute Gasteiger partial charge is 0.469 e. The van der Waals surface area contributed by atoms with Gasteiger partial charge in [-0.05, 0) is 77.9 Å². The molecular formula is C32H40Br2F6O6S2. The van der Waals surface area contributed by atoms with Gasteiger partial charge in [0.2, 0.25) is 12.9 Å². The van der Waals surface area contributed by atoms with Gasteiger partial charge < -0.3 is 9.47 Å². The molecule has 0 N–H and O–H groups in total. The van der Waals surface area contributed by atoms with Gasteiger partial charge in [-0.1, -0.05) is 31.9 Å². The maximum atomic E-state index is 14.3. The molecule has 272 valence electrons. The number of benzene rings is 2. The van der Waals surface area contributed by atoms with Gasteiger partial charge in [-0.2, -0.15) is 0 Å². The summed E-state index contributed by atoms with van der Waals surface area (Å²) in [6, 6.07) is 7.21. The third-order valence-electron chi connectivity index (χ3n) is 7.28. The fraction of sp³-hybridized carbons (Fsp3) is 0.562. The van der Waals surface area contributed by atoms with Crippen LogP contribution in [0.3, 0.4) is 0 Å². The minimum absolute atomic E-state index is 0.352. The lowest BCUT2D eigenvalue weighted by atomic mass is 9.79. The highest BCUT2D eigenvalue weighted by Gasteiger charge is 2.50. The standard InChI is InChI=1S/2C16H20BrF3O3S/c2*1-15(2,3)24(22)9-16(14(19)20,8-13(21)23-4)11-7-10(17)5-6-12(11)18/h2*5-7,14H,8-9H2,1-4H3/t16-,24+;16-,24-/m01/s1. The Morgan fingerprint density at radius 1 is 0.667 bits per heavy atom. The highest BCUT2D eigenvalue weighted by Crippen LogP contribution is 2.41. The molecule has 0 saturated carbocycles. The molecule has 0 saturated heterocycles. The summed E-state index contributed by atoms with van der Waals surface area (Å²) in [6.45, 7) is 9.80. The molecule has 0 aromatic heterocycles. The highest BCUT2D eigenvalue weighted by molar-refractivity contribution is 9.10. The first-order valence-electron chi connectivity index (χ1n) is 14.3. The summed E-state index contributed by atoms with van der Waals surface area (Å²) in [4.78, 5) is 23.5. The summed E-state index contributed by atoms with van der Waals surface area (Å²) in [5, 5.41) is 0. The van der Waals surface area contributed by atoms with Crippen molar-refractivity contribution in [1.29, 1.82) is 0 Å².